The lowest BCUT2D eigenvalue weighted by molar-refractivity contribution is -0.287. The molecule has 5 atom stereocenters. The van der Waals surface area contributed by atoms with Gasteiger partial charge in [-0.1, -0.05) is 25.3 Å². The summed E-state index contributed by atoms with van der Waals surface area (Å²) in [4.78, 5) is 56.5. The largest absolute Gasteiger partial charge is 0.481 e. The Morgan fingerprint density at radius 2 is 1.31 bits per heavy atom. The van der Waals surface area contributed by atoms with Gasteiger partial charge in [0.1, 0.15) is 31.0 Å². The third-order valence-electron chi connectivity index (χ3n) is 10.2. The number of hydrogen-bond acceptors (Lipinski definition) is 10. The number of aliphatic hydroxyl groups is 4. The summed E-state index contributed by atoms with van der Waals surface area (Å²) < 4.78 is 10.4. The molecule has 0 unspecified atom stereocenters. The van der Waals surface area contributed by atoms with Gasteiger partial charge in [0, 0.05) is 64.5 Å². The molecule has 0 spiro atoms. The number of carboxylic acids is 1. The third-order valence-corrected chi connectivity index (χ3v) is 10.2. The number of aliphatic carboxylic acids is 1. The van der Waals surface area contributed by atoms with Gasteiger partial charge in [-0.15, -0.1) is 0 Å². The Hall–Kier alpha value is -5.32. The smallest absolute Gasteiger partial charge is 0.306 e. The van der Waals surface area contributed by atoms with Gasteiger partial charge in [0.2, 0.25) is 0 Å². The second kappa shape index (κ2) is 16.4. The van der Waals surface area contributed by atoms with Gasteiger partial charge in [0.25, 0.3) is 11.8 Å². The molecule has 0 radical (unpaired) electrons. The van der Waals surface area contributed by atoms with E-state index < -0.39 is 49.3 Å². The van der Waals surface area contributed by atoms with E-state index in [0.717, 1.165) is 33.5 Å². The lowest BCUT2D eigenvalue weighted by Gasteiger charge is -2.37. The molecular formula is C39H46N4O11. The molecular weight excluding hydrogens is 700 g/mol. The molecule has 3 aliphatic heterocycles. The second-order valence-corrected chi connectivity index (χ2v) is 13.5. The molecule has 15 nitrogen and oxygen atoms in total. The fourth-order valence-corrected chi connectivity index (χ4v) is 6.92. The van der Waals surface area contributed by atoms with E-state index in [2.05, 4.69) is 33.8 Å². The number of carbonyl (C=O) groups is 4. The van der Waals surface area contributed by atoms with Crippen LogP contribution in [0.1, 0.15) is 71.7 Å². The van der Waals surface area contributed by atoms with Crippen molar-refractivity contribution in [3.8, 4) is 0 Å². The maximum atomic E-state index is 13.0. The molecule has 0 saturated carbocycles. The Morgan fingerprint density at radius 1 is 0.759 bits per heavy atom. The predicted octanol–water partition coefficient (Wildman–Crippen LogP) is 1.79. The van der Waals surface area contributed by atoms with E-state index in [1.807, 2.05) is 20.8 Å². The predicted molar refractivity (Wildman–Crippen MR) is 196 cm³/mol. The van der Waals surface area contributed by atoms with E-state index >= 15 is 0 Å². The Morgan fingerprint density at radius 3 is 1.87 bits per heavy atom. The summed E-state index contributed by atoms with van der Waals surface area (Å²) in [6.07, 6.45) is -0.950. The van der Waals surface area contributed by atoms with E-state index in [1.165, 1.54) is 6.08 Å². The fourth-order valence-electron chi connectivity index (χ4n) is 6.92. The number of ether oxygens (including phenoxy) is 2. The van der Waals surface area contributed by atoms with E-state index in [4.69, 9.17) is 9.47 Å². The van der Waals surface area contributed by atoms with Crippen molar-refractivity contribution in [3.63, 3.8) is 0 Å². The minimum atomic E-state index is -1.77. The van der Waals surface area contributed by atoms with Crippen LogP contribution in [0.3, 0.4) is 0 Å². The van der Waals surface area contributed by atoms with E-state index in [0.29, 0.717) is 45.2 Å². The number of esters is 1. The second-order valence-electron chi connectivity index (χ2n) is 13.5. The maximum Gasteiger partial charge on any atom is 0.306 e. The first kappa shape index (κ1) is 39.9. The van der Waals surface area contributed by atoms with Crippen molar-refractivity contribution < 1.29 is 54.2 Å². The maximum absolute atomic E-state index is 13.0. The summed E-state index contributed by atoms with van der Waals surface area (Å²) in [5, 5.41) is 55.1. The molecule has 2 amide bonds. The van der Waals surface area contributed by atoms with Crippen LogP contribution in [0.4, 0.5) is 0 Å². The zero-order valence-corrected chi connectivity index (χ0v) is 30.5. The highest BCUT2D eigenvalue weighted by Crippen LogP contribution is 2.32. The van der Waals surface area contributed by atoms with Crippen LogP contribution in [0.25, 0.3) is 12.2 Å². The number of rotatable bonds is 14. The zero-order chi connectivity index (χ0) is 39.6. The number of aromatic nitrogens is 2. The Balaban J connectivity index is 1.48. The van der Waals surface area contributed by atoms with Gasteiger partial charge in [0.05, 0.1) is 5.70 Å². The first-order chi connectivity index (χ1) is 25.6. The van der Waals surface area contributed by atoms with Crippen molar-refractivity contribution in [1.29, 1.82) is 0 Å². The number of carboxylic acid groups (broad SMARTS) is 1. The molecule has 15 heteroatoms. The Labute approximate surface area is 311 Å². The average Bonchev–Trinajstić information content (AvgIpc) is 3.77. The van der Waals surface area contributed by atoms with Crippen LogP contribution in [-0.4, -0.2) is 96.6 Å². The van der Waals surface area contributed by atoms with Gasteiger partial charge in [-0.05, 0) is 80.5 Å². The number of amides is 2. The number of nitrogens with one attached hydrogen (secondary N) is 4. The molecule has 2 aromatic heterocycles. The van der Waals surface area contributed by atoms with Crippen LogP contribution < -0.4 is 10.6 Å². The quantitative estimate of drug-likeness (QED) is 0.126. The zero-order valence-electron chi connectivity index (χ0n) is 30.5. The van der Waals surface area contributed by atoms with Crippen LogP contribution in [0.15, 0.2) is 59.0 Å². The molecule has 2 aromatic rings. The summed E-state index contributed by atoms with van der Waals surface area (Å²) in [6.45, 7) is 14.3. The average molecular weight is 747 g/mol. The van der Waals surface area contributed by atoms with Crippen molar-refractivity contribution in [1.82, 2.24) is 20.6 Å². The number of H-pyrrole nitrogens is 2. The molecule has 288 valence electrons. The van der Waals surface area contributed by atoms with Gasteiger partial charge in [-0.3, -0.25) is 19.2 Å². The van der Waals surface area contributed by atoms with Crippen molar-refractivity contribution in [2.45, 2.75) is 90.5 Å². The summed E-state index contributed by atoms with van der Waals surface area (Å²) in [6, 6.07) is 0. The summed E-state index contributed by atoms with van der Waals surface area (Å²) in [7, 11) is 0. The normalized spacial score (nSPS) is 24.4. The number of hydrogen-bond donors (Lipinski definition) is 9. The Kier molecular flexibility index (Phi) is 12.1. The van der Waals surface area contributed by atoms with E-state index in [9.17, 15) is 44.7 Å². The minimum absolute atomic E-state index is 0.115. The topological polar surface area (TPSA) is 244 Å². The standard InChI is InChI=1S/C39H46N4O11/c1-7-21-20(6)37(50)43-28(21)14-26-19(5)24(10-12-33(46)53-16-31-34(47)35(48)36(49)39(52)54-31)30(41-26)15-29-23(9-11-32(44)45)18(4)25(40-29)13-27-17(3)22(8-2)38(51)42-27/h7-8,13-14,31,34-36,39-41,47-49,52H,1-2,9-12,15-16H2,3-6H3,(H,42,51)(H,43,50)(H,44,45)/b27-13-,28-14+/t31-,34-,35+,36-,39-/m1/s1. The van der Waals surface area contributed by atoms with Gasteiger partial charge in [-0.2, -0.15) is 0 Å². The number of carbonyl (C=O) groups excluding carboxylic acids is 3. The summed E-state index contributed by atoms with van der Waals surface area (Å²) in [5.41, 5.74) is 9.38. The van der Waals surface area contributed by atoms with Crippen molar-refractivity contribution in [3.05, 3.63) is 104 Å². The number of allylic oxidation sites excluding steroid dienone is 2. The van der Waals surface area contributed by atoms with Crippen LogP contribution in [0.5, 0.6) is 0 Å². The van der Waals surface area contributed by atoms with Gasteiger partial charge >= 0.3 is 11.9 Å². The first-order valence-corrected chi connectivity index (χ1v) is 17.4. The van der Waals surface area contributed by atoms with E-state index in [-0.39, 0.29) is 43.9 Å². The molecule has 1 saturated heterocycles. The summed E-state index contributed by atoms with van der Waals surface area (Å²) in [5.74, 6) is -2.14. The minimum Gasteiger partial charge on any atom is -0.481 e. The lowest BCUT2D eigenvalue weighted by Crippen LogP contribution is -2.58. The van der Waals surface area contributed by atoms with Crippen LogP contribution in [-0.2, 0) is 47.9 Å². The van der Waals surface area contributed by atoms with Crippen molar-refractivity contribution >= 4 is 35.9 Å². The molecule has 9 N–H and O–H groups in total. The molecule has 0 aromatic carbocycles. The van der Waals surface area contributed by atoms with E-state index in [1.54, 1.807) is 25.2 Å². The molecule has 3 aliphatic rings. The SMILES string of the molecule is C=CC1=C(C)/C(=C/c2[nH]c(Cc3[nH]c(/C=C4/NC(=O)C(C)=C4C=C)c(C)c3CCC(=O)OC[C@H]3O[C@@H](O)[C@H](O)[C@@H](O)[C@@H]3O)c(CCC(=O)O)c2C)NC1=O. The Bertz CT molecular complexity index is 2030. The number of aromatic amines is 2. The van der Waals surface area contributed by atoms with Gasteiger partial charge < -0.3 is 55.6 Å². The van der Waals surface area contributed by atoms with Crippen LogP contribution in [0.2, 0.25) is 0 Å². The monoisotopic (exact) mass is 746 g/mol. The van der Waals surface area contributed by atoms with Crippen LogP contribution in [0, 0.1) is 13.8 Å². The van der Waals surface area contributed by atoms with Gasteiger partial charge in [0.15, 0.2) is 6.29 Å². The molecule has 54 heavy (non-hydrogen) atoms. The molecule has 5 heterocycles. The van der Waals surface area contributed by atoms with Gasteiger partial charge in [-0.25, -0.2) is 0 Å². The first-order valence-electron chi connectivity index (χ1n) is 17.4. The van der Waals surface area contributed by atoms with Crippen molar-refractivity contribution in [2.75, 3.05) is 6.61 Å². The van der Waals surface area contributed by atoms with Crippen LogP contribution >= 0.6 is 0 Å². The van der Waals surface area contributed by atoms with Crippen molar-refractivity contribution in [2.24, 2.45) is 0 Å². The molecule has 5 rings (SSSR count). The third kappa shape index (κ3) is 8.10. The molecule has 0 bridgehead atoms. The molecule has 0 aliphatic carbocycles. The number of aliphatic hydroxyl groups excluding tert-OH is 4. The summed E-state index contributed by atoms with van der Waals surface area (Å²) >= 11 is 0. The highest BCUT2D eigenvalue weighted by atomic mass is 16.6. The lowest BCUT2D eigenvalue weighted by atomic mass is 9.98. The fraction of sp³-hybridized carbons (Fsp3) is 0.385. The molecule has 1 fully saturated rings. The highest BCUT2D eigenvalue weighted by Gasteiger charge is 2.43. The highest BCUT2D eigenvalue weighted by molar-refractivity contribution is 6.03.